The zero-order valence-corrected chi connectivity index (χ0v) is 19.2. The number of amides is 1. The lowest BCUT2D eigenvalue weighted by molar-refractivity contribution is -0.138. The van der Waals surface area contributed by atoms with Crippen molar-refractivity contribution in [2.24, 2.45) is 4.99 Å². The summed E-state index contributed by atoms with van der Waals surface area (Å²) in [5, 5.41) is 5.46. The lowest BCUT2D eigenvalue weighted by atomic mass is 9.94. The number of rotatable bonds is 8. The van der Waals surface area contributed by atoms with E-state index in [2.05, 4.69) is 16.9 Å². The van der Waals surface area contributed by atoms with Gasteiger partial charge in [0.25, 0.3) is 0 Å². The number of halogens is 1. The molecule has 0 aromatic heterocycles. The summed E-state index contributed by atoms with van der Waals surface area (Å²) in [5.74, 6) is -1.04. The predicted octanol–water partition coefficient (Wildman–Crippen LogP) is 3.82. The van der Waals surface area contributed by atoms with Gasteiger partial charge in [0.15, 0.2) is 5.17 Å². The summed E-state index contributed by atoms with van der Waals surface area (Å²) < 4.78 is 24.6. The van der Waals surface area contributed by atoms with E-state index in [1.165, 1.54) is 30.0 Å². The Bertz CT molecular complexity index is 1030. The third-order valence-corrected chi connectivity index (χ3v) is 6.52. The summed E-state index contributed by atoms with van der Waals surface area (Å²) in [7, 11) is 0. The van der Waals surface area contributed by atoms with Crippen molar-refractivity contribution in [3.05, 3.63) is 70.7 Å². The molecular weight excluding hydrogens is 445 g/mol. The average molecular weight is 472 g/mol. The van der Waals surface area contributed by atoms with Crippen molar-refractivity contribution in [1.82, 2.24) is 10.2 Å². The van der Waals surface area contributed by atoms with Crippen LogP contribution in [0.25, 0.3) is 0 Å². The predicted molar refractivity (Wildman–Crippen MR) is 125 cm³/mol. The van der Waals surface area contributed by atoms with Crippen molar-refractivity contribution in [3.8, 4) is 0 Å². The maximum atomic E-state index is 13.7. The van der Waals surface area contributed by atoms with Crippen LogP contribution in [0.1, 0.15) is 37.8 Å². The normalized spacial score (nSPS) is 21.9. The maximum absolute atomic E-state index is 13.7. The van der Waals surface area contributed by atoms with Crippen LogP contribution in [0.4, 0.5) is 4.39 Å². The summed E-state index contributed by atoms with van der Waals surface area (Å²) in [6.07, 6.45) is 3.61. The first-order valence-electron chi connectivity index (χ1n) is 10.8. The van der Waals surface area contributed by atoms with Crippen molar-refractivity contribution >= 4 is 28.8 Å². The molecule has 0 spiro atoms. The summed E-state index contributed by atoms with van der Waals surface area (Å²) >= 11 is 1.39. The number of thioether (sulfide) groups is 1. The van der Waals surface area contributed by atoms with E-state index in [0.29, 0.717) is 34.2 Å². The zero-order chi connectivity index (χ0) is 23.4. The average Bonchev–Trinajstić information content (AvgIpc) is 3.46. The monoisotopic (exact) mass is 471 g/mol. The van der Waals surface area contributed by atoms with Gasteiger partial charge in [-0.25, -0.2) is 14.2 Å². The van der Waals surface area contributed by atoms with Gasteiger partial charge in [0.2, 0.25) is 5.91 Å². The quantitative estimate of drug-likeness (QED) is 0.459. The number of carbonyl (C=O) groups is 2. The van der Waals surface area contributed by atoms with E-state index >= 15 is 0 Å². The molecule has 9 heteroatoms. The van der Waals surface area contributed by atoms with Gasteiger partial charge < -0.3 is 19.7 Å². The minimum atomic E-state index is -0.595. The molecule has 2 atom stereocenters. The summed E-state index contributed by atoms with van der Waals surface area (Å²) in [6, 6.07) is 5.38. The summed E-state index contributed by atoms with van der Waals surface area (Å²) in [5.41, 5.74) is 2.27. The number of carbonyl (C=O) groups excluding carboxylic acids is 2. The van der Waals surface area contributed by atoms with Crippen LogP contribution in [0.2, 0.25) is 0 Å². The Hall–Kier alpha value is -2.91. The van der Waals surface area contributed by atoms with E-state index in [0.717, 1.165) is 19.4 Å². The molecule has 1 saturated heterocycles. The second kappa shape index (κ2) is 10.4. The standard InChI is InChI=1S/C24H26FN3O4S/c1-3-10-32-23(30)21-15(2)27-24-28(22(21)16-6-8-17(25)9-7-16)18(14-33-24)12-20(29)26-13-19-5-4-11-31-19/h3,6-9,14,19,22H,1,4-5,10-13H2,2H3,(H,26,29)/t19-,22-/m0/s1. The fourth-order valence-corrected chi connectivity index (χ4v) is 5.03. The number of nitrogens with zero attached hydrogens (tertiary/aromatic N) is 2. The van der Waals surface area contributed by atoms with Gasteiger partial charge in [-0.1, -0.05) is 36.5 Å². The number of hydrogen-bond acceptors (Lipinski definition) is 7. The number of amidine groups is 1. The van der Waals surface area contributed by atoms with Gasteiger partial charge in [0.05, 0.1) is 29.8 Å². The highest BCUT2D eigenvalue weighted by Gasteiger charge is 2.41. The first-order chi connectivity index (χ1) is 16.0. The molecule has 3 aliphatic heterocycles. The van der Waals surface area contributed by atoms with E-state index in [-0.39, 0.29) is 30.9 Å². The number of hydrogen-bond donors (Lipinski definition) is 1. The highest BCUT2D eigenvalue weighted by atomic mass is 32.2. The Labute approximate surface area is 196 Å². The van der Waals surface area contributed by atoms with Crippen LogP contribution in [0, 0.1) is 5.82 Å². The van der Waals surface area contributed by atoms with Gasteiger partial charge in [-0.2, -0.15) is 0 Å². The molecule has 174 valence electrons. The summed E-state index contributed by atoms with van der Waals surface area (Å²) in [4.78, 5) is 32.1. The van der Waals surface area contributed by atoms with E-state index in [9.17, 15) is 14.0 Å². The molecule has 7 nitrogen and oxygen atoms in total. The zero-order valence-electron chi connectivity index (χ0n) is 18.4. The molecule has 0 saturated carbocycles. The van der Waals surface area contributed by atoms with Gasteiger partial charge >= 0.3 is 5.97 Å². The van der Waals surface area contributed by atoms with Crippen LogP contribution in [0.3, 0.4) is 0 Å². The third kappa shape index (κ3) is 5.20. The number of benzene rings is 1. The minimum absolute atomic E-state index is 0.0526. The van der Waals surface area contributed by atoms with Crippen LogP contribution in [-0.2, 0) is 19.1 Å². The number of allylic oxidation sites excluding steroid dienone is 1. The van der Waals surface area contributed by atoms with E-state index in [1.54, 1.807) is 19.1 Å². The molecule has 0 bridgehead atoms. The second-order valence-corrected chi connectivity index (χ2v) is 8.78. The van der Waals surface area contributed by atoms with Crippen LogP contribution >= 0.6 is 11.8 Å². The fraction of sp³-hybridized carbons (Fsp3) is 0.375. The van der Waals surface area contributed by atoms with Crippen molar-refractivity contribution in [2.45, 2.75) is 38.3 Å². The van der Waals surface area contributed by atoms with E-state index in [1.807, 2.05) is 10.3 Å². The molecule has 3 heterocycles. The molecule has 4 rings (SSSR count). The van der Waals surface area contributed by atoms with Gasteiger partial charge in [-0.3, -0.25) is 4.79 Å². The SMILES string of the molecule is C=CCOC(=O)C1=C(C)N=C2SC=C(CC(=O)NC[C@@H]3CCCO3)N2[C@H]1c1ccc(F)cc1. The largest absolute Gasteiger partial charge is 0.458 e. The maximum Gasteiger partial charge on any atom is 0.338 e. The highest BCUT2D eigenvalue weighted by molar-refractivity contribution is 8.16. The van der Waals surface area contributed by atoms with Gasteiger partial charge in [0, 0.05) is 18.8 Å². The van der Waals surface area contributed by atoms with Gasteiger partial charge in [-0.05, 0) is 42.9 Å². The first kappa shape index (κ1) is 23.3. The Morgan fingerprint density at radius 1 is 1.39 bits per heavy atom. The van der Waals surface area contributed by atoms with Crippen molar-refractivity contribution in [3.63, 3.8) is 0 Å². The smallest absolute Gasteiger partial charge is 0.338 e. The van der Waals surface area contributed by atoms with Crippen LogP contribution in [0.5, 0.6) is 0 Å². The lowest BCUT2D eigenvalue weighted by Crippen LogP contribution is -2.38. The second-order valence-electron chi connectivity index (χ2n) is 7.95. The fourth-order valence-electron chi connectivity index (χ4n) is 4.06. The number of aliphatic imine (C=N–C) groups is 1. The molecule has 1 amide bonds. The highest BCUT2D eigenvalue weighted by Crippen LogP contribution is 2.44. The third-order valence-electron chi connectivity index (χ3n) is 5.63. The van der Waals surface area contributed by atoms with Crippen molar-refractivity contribution in [1.29, 1.82) is 0 Å². The Balaban J connectivity index is 1.59. The molecule has 1 aromatic carbocycles. The molecule has 1 fully saturated rings. The van der Waals surface area contributed by atoms with Crippen molar-refractivity contribution in [2.75, 3.05) is 19.8 Å². The first-order valence-corrected chi connectivity index (χ1v) is 11.7. The lowest BCUT2D eigenvalue weighted by Gasteiger charge is -2.36. The molecular formula is C24H26FN3O4S. The number of ether oxygens (including phenoxy) is 2. The van der Waals surface area contributed by atoms with E-state index in [4.69, 9.17) is 9.47 Å². The van der Waals surface area contributed by atoms with Crippen molar-refractivity contribution < 1.29 is 23.5 Å². The molecule has 1 N–H and O–H groups in total. The molecule has 0 unspecified atom stereocenters. The topological polar surface area (TPSA) is 80.2 Å². The Morgan fingerprint density at radius 2 is 2.18 bits per heavy atom. The van der Waals surface area contributed by atoms with Crippen LogP contribution in [-0.4, -0.2) is 47.8 Å². The molecule has 33 heavy (non-hydrogen) atoms. The molecule has 3 aliphatic rings. The number of nitrogens with one attached hydrogen (secondary N) is 1. The minimum Gasteiger partial charge on any atom is -0.458 e. The van der Waals surface area contributed by atoms with Gasteiger partial charge in [0.1, 0.15) is 12.4 Å². The summed E-state index contributed by atoms with van der Waals surface area (Å²) in [6.45, 7) is 6.60. The molecule has 0 aliphatic carbocycles. The Kier molecular flexibility index (Phi) is 7.29. The number of esters is 1. The van der Waals surface area contributed by atoms with Crippen LogP contribution in [0.15, 0.2) is 64.3 Å². The molecule has 0 radical (unpaired) electrons. The molecule has 1 aromatic rings. The van der Waals surface area contributed by atoms with Gasteiger partial charge in [-0.15, -0.1) is 0 Å². The van der Waals surface area contributed by atoms with E-state index < -0.39 is 12.0 Å². The Morgan fingerprint density at radius 3 is 2.88 bits per heavy atom. The van der Waals surface area contributed by atoms with Crippen LogP contribution < -0.4 is 5.32 Å². The number of fused-ring (bicyclic) bond motifs is 1.